The van der Waals surface area contributed by atoms with Gasteiger partial charge in [0.05, 0.1) is 0 Å². The van der Waals surface area contributed by atoms with E-state index < -0.39 is 0 Å². The molecule has 1 amide bonds. The minimum atomic E-state index is -0.212. The second-order valence-corrected chi connectivity index (χ2v) is 4.86. The van der Waals surface area contributed by atoms with Crippen LogP contribution in [0.5, 0.6) is 0 Å². The highest BCUT2D eigenvalue weighted by Crippen LogP contribution is 2.14. The van der Waals surface area contributed by atoms with E-state index in [9.17, 15) is 4.79 Å². The third-order valence-corrected chi connectivity index (χ3v) is 3.08. The van der Waals surface area contributed by atoms with Gasteiger partial charge in [0.1, 0.15) is 5.84 Å². The van der Waals surface area contributed by atoms with E-state index in [1.54, 1.807) is 48.5 Å². The van der Waals surface area contributed by atoms with Crippen LogP contribution in [-0.4, -0.2) is 17.0 Å². The van der Waals surface area contributed by atoms with E-state index in [4.69, 9.17) is 22.5 Å². The molecule has 0 aromatic heterocycles. The number of halogens is 1. The van der Waals surface area contributed by atoms with Gasteiger partial charge in [0, 0.05) is 22.7 Å². The van der Waals surface area contributed by atoms with Gasteiger partial charge in [-0.3, -0.25) is 4.79 Å². The first-order valence-corrected chi connectivity index (χ1v) is 6.58. The molecule has 0 unspecified atom stereocenters. The predicted octanol–water partition coefficient (Wildman–Crippen LogP) is 2.88. The summed E-state index contributed by atoms with van der Waals surface area (Å²) in [5.74, 6) is -0.0798. The number of carbonyl (C=O) groups is 1. The molecule has 0 aliphatic heterocycles. The van der Waals surface area contributed by atoms with Gasteiger partial charge < -0.3 is 16.3 Å². The van der Waals surface area contributed by atoms with Crippen LogP contribution in [0.2, 0.25) is 5.02 Å². The fourth-order valence-electron chi connectivity index (χ4n) is 1.75. The number of nitrogens with one attached hydrogen (secondary N) is 1. The molecule has 0 radical (unpaired) electrons. The molecule has 21 heavy (non-hydrogen) atoms. The molecule has 2 rings (SSSR count). The number of hydrogen-bond donors (Lipinski definition) is 3. The van der Waals surface area contributed by atoms with Gasteiger partial charge in [0.25, 0.3) is 5.91 Å². The lowest BCUT2D eigenvalue weighted by Gasteiger charge is -2.06. The molecular weight excluding hydrogens is 290 g/mol. The average Bonchev–Trinajstić information content (AvgIpc) is 2.49. The molecule has 0 saturated heterocycles. The number of amides is 1. The zero-order valence-electron chi connectivity index (χ0n) is 11.1. The molecular formula is C15H14ClN3O2. The van der Waals surface area contributed by atoms with E-state index in [0.717, 1.165) is 5.56 Å². The van der Waals surface area contributed by atoms with Gasteiger partial charge in [-0.15, -0.1) is 0 Å². The summed E-state index contributed by atoms with van der Waals surface area (Å²) in [7, 11) is 0. The van der Waals surface area contributed by atoms with Crippen LogP contribution in [-0.2, 0) is 6.42 Å². The van der Waals surface area contributed by atoms with E-state index in [-0.39, 0.29) is 11.7 Å². The van der Waals surface area contributed by atoms with Crippen LogP contribution < -0.4 is 11.1 Å². The highest BCUT2D eigenvalue weighted by Gasteiger charge is 2.06. The Hall–Kier alpha value is -2.53. The highest BCUT2D eigenvalue weighted by atomic mass is 35.5. The summed E-state index contributed by atoms with van der Waals surface area (Å²) in [6.07, 6.45) is 0.349. The molecule has 0 fully saturated rings. The second-order valence-electron chi connectivity index (χ2n) is 4.43. The Kier molecular flexibility index (Phi) is 4.79. The van der Waals surface area contributed by atoms with Gasteiger partial charge in [-0.25, -0.2) is 0 Å². The number of nitrogens with zero attached hydrogens (tertiary/aromatic N) is 1. The molecule has 4 N–H and O–H groups in total. The summed E-state index contributed by atoms with van der Waals surface area (Å²) in [6, 6.07) is 13.8. The Labute approximate surface area is 127 Å². The Bertz CT molecular complexity index is 652. The fourth-order valence-corrected chi connectivity index (χ4v) is 1.88. The monoisotopic (exact) mass is 303 g/mol. The van der Waals surface area contributed by atoms with Crippen molar-refractivity contribution in [1.82, 2.24) is 0 Å². The van der Waals surface area contributed by atoms with E-state index >= 15 is 0 Å². The zero-order valence-corrected chi connectivity index (χ0v) is 11.8. The standard InChI is InChI=1S/C15H14ClN3O2/c16-12-5-3-11(4-6-12)15(20)18-13-7-1-10(2-8-13)9-14(17)19-21/h1-8,21H,9H2,(H2,17,19)(H,18,20). The second kappa shape index (κ2) is 6.76. The molecule has 0 saturated carbocycles. The minimum Gasteiger partial charge on any atom is -0.409 e. The van der Waals surface area contributed by atoms with Crippen LogP contribution in [0.4, 0.5) is 5.69 Å². The number of carbonyl (C=O) groups excluding carboxylic acids is 1. The van der Waals surface area contributed by atoms with Gasteiger partial charge >= 0.3 is 0 Å². The SMILES string of the molecule is NC(Cc1ccc(NC(=O)c2ccc(Cl)cc2)cc1)=NO. The van der Waals surface area contributed by atoms with E-state index in [1.165, 1.54) is 0 Å². The lowest BCUT2D eigenvalue weighted by atomic mass is 10.1. The van der Waals surface area contributed by atoms with Crippen LogP contribution in [0.25, 0.3) is 0 Å². The minimum absolute atomic E-state index is 0.132. The quantitative estimate of drug-likeness (QED) is 0.351. The van der Waals surface area contributed by atoms with Gasteiger partial charge in [-0.1, -0.05) is 28.9 Å². The number of benzene rings is 2. The number of rotatable bonds is 4. The Morgan fingerprint density at radius 2 is 1.76 bits per heavy atom. The molecule has 0 heterocycles. The van der Waals surface area contributed by atoms with Crippen LogP contribution >= 0.6 is 11.6 Å². The average molecular weight is 304 g/mol. The normalized spacial score (nSPS) is 11.2. The lowest BCUT2D eigenvalue weighted by Crippen LogP contribution is -2.15. The number of hydrogen-bond acceptors (Lipinski definition) is 3. The highest BCUT2D eigenvalue weighted by molar-refractivity contribution is 6.30. The largest absolute Gasteiger partial charge is 0.409 e. The molecule has 0 atom stereocenters. The summed E-state index contributed by atoms with van der Waals surface area (Å²) in [6.45, 7) is 0. The van der Waals surface area contributed by atoms with Crippen molar-refractivity contribution in [2.45, 2.75) is 6.42 Å². The smallest absolute Gasteiger partial charge is 0.255 e. The van der Waals surface area contributed by atoms with Crippen LogP contribution in [0.1, 0.15) is 15.9 Å². The number of anilines is 1. The van der Waals surface area contributed by atoms with E-state index in [1.807, 2.05) is 0 Å². The number of amidine groups is 1. The Balaban J connectivity index is 2.03. The molecule has 0 aliphatic carbocycles. The molecule has 0 spiro atoms. The summed E-state index contributed by atoms with van der Waals surface area (Å²) >= 11 is 5.78. The maximum Gasteiger partial charge on any atom is 0.255 e. The molecule has 2 aromatic carbocycles. The first kappa shape index (κ1) is 14.9. The first-order chi connectivity index (χ1) is 10.1. The molecule has 2 aromatic rings. The van der Waals surface area contributed by atoms with Crippen molar-refractivity contribution in [3.8, 4) is 0 Å². The topological polar surface area (TPSA) is 87.7 Å². The summed E-state index contributed by atoms with van der Waals surface area (Å²) in [4.78, 5) is 12.0. The third-order valence-electron chi connectivity index (χ3n) is 2.83. The Morgan fingerprint density at radius 3 is 2.33 bits per heavy atom. The van der Waals surface area contributed by atoms with Gasteiger partial charge in [0.2, 0.25) is 0 Å². The van der Waals surface area contributed by atoms with Gasteiger partial charge in [-0.05, 0) is 42.0 Å². The number of nitrogens with two attached hydrogens (primary N) is 1. The van der Waals surface area contributed by atoms with Crippen molar-refractivity contribution in [3.05, 3.63) is 64.7 Å². The van der Waals surface area contributed by atoms with Gasteiger partial charge in [-0.2, -0.15) is 0 Å². The first-order valence-electron chi connectivity index (χ1n) is 6.21. The van der Waals surface area contributed by atoms with Crippen LogP contribution in [0, 0.1) is 0 Å². The van der Waals surface area contributed by atoms with Gasteiger partial charge in [0.15, 0.2) is 0 Å². The fraction of sp³-hybridized carbons (Fsp3) is 0.0667. The van der Waals surface area contributed by atoms with Crippen LogP contribution in [0.15, 0.2) is 53.7 Å². The maximum atomic E-state index is 12.0. The van der Waals surface area contributed by atoms with Crippen LogP contribution in [0.3, 0.4) is 0 Å². The van der Waals surface area contributed by atoms with Crippen molar-refractivity contribution in [2.24, 2.45) is 10.9 Å². The van der Waals surface area contributed by atoms with Crippen molar-refractivity contribution >= 4 is 29.0 Å². The zero-order chi connectivity index (χ0) is 15.2. The maximum absolute atomic E-state index is 12.0. The molecule has 0 aliphatic rings. The molecule has 6 heteroatoms. The van der Waals surface area contributed by atoms with Crippen molar-refractivity contribution in [3.63, 3.8) is 0 Å². The number of oxime groups is 1. The van der Waals surface area contributed by atoms with Crippen molar-refractivity contribution < 1.29 is 10.0 Å². The van der Waals surface area contributed by atoms with Crippen molar-refractivity contribution in [2.75, 3.05) is 5.32 Å². The molecule has 5 nitrogen and oxygen atoms in total. The van der Waals surface area contributed by atoms with Crippen molar-refractivity contribution in [1.29, 1.82) is 0 Å². The molecule has 108 valence electrons. The summed E-state index contributed by atoms with van der Waals surface area (Å²) < 4.78 is 0. The Morgan fingerprint density at radius 1 is 1.14 bits per heavy atom. The predicted molar refractivity (Wildman–Crippen MR) is 83.0 cm³/mol. The summed E-state index contributed by atoms with van der Waals surface area (Å²) in [5, 5.41) is 14.8. The molecule has 0 bridgehead atoms. The van der Waals surface area contributed by atoms with E-state index in [2.05, 4.69) is 10.5 Å². The van der Waals surface area contributed by atoms with E-state index in [0.29, 0.717) is 22.7 Å². The summed E-state index contributed by atoms with van der Waals surface area (Å²) in [5.41, 5.74) is 7.51. The lowest BCUT2D eigenvalue weighted by molar-refractivity contribution is 0.102. The third kappa shape index (κ3) is 4.22.